The summed E-state index contributed by atoms with van der Waals surface area (Å²) in [7, 11) is 0. The highest BCUT2D eigenvalue weighted by Crippen LogP contribution is 2.24. The zero-order valence-electron chi connectivity index (χ0n) is 15.6. The zero-order chi connectivity index (χ0) is 19.9. The fourth-order valence-corrected chi connectivity index (χ4v) is 3.41. The number of hydrazone groups is 1. The first-order valence-electron chi connectivity index (χ1n) is 8.77. The number of aromatic nitrogens is 3. The van der Waals surface area contributed by atoms with Gasteiger partial charge >= 0.3 is 0 Å². The zero-order valence-corrected chi connectivity index (χ0v) is 17.2. The molecule has 3 aromatic rings. The van der Waals surface area contributed by atoms with Crippen LogP contribution in [0.1, 0.15) is 18.1 Å². The number of benzene rings is 2. The summed E-state index contributed by atoms with van der Waals surface area (Å²) >= 11 is 7.17. The first-order chi connectivity index (χ1) is 13.6. The molecule has 0 aliphatic rings. The van der Waals surface area contributed by atoms with Gasteiger partial charge in [-0.25, -0.2) is 5.43 Å². The third-order valence-electron chi connectivity index (χ3n) is 3.95. The molecule has 0 saturated carbocycles. The molecule has 0 aliphatic carbocycles. The second kappa shape index (κ2) is 9.52. The molecule has 1 amide bonds. The lowest BCUT2D eigenvalue weighted by atomic mass is 10.1. The van der Waals surface area contributed by atoms with Gasteiger partial charge in [-0.3, -0.25) is 4.79 Å². The lowest BCUT2D eigenvalue weighted by Crippen LogP contribution is -2.20. The van der Waals surface area contributed by atoms with Crippen LogP contribution >= 0.6 is 23.4 Å². The van der Waals surface area contributed by atoms with E-state index in [1.54, 1.807) is 18.3 Å². The van der Waals surface area contributed by atoms with E-state index in [2.05, 4.69) is 20.7 Å². The second-order valence-electron chi connectivity index (χ2n) is 6.05. The summed E-state index contributed by atoms with van der Waals surface area (Å²) in [6, 6.07) is 15.3. The van der Waals surface area contributed by atoms with Gasteiger partial charge in [0.05, 0.1) is 12.0 Å². The molecule has 0 bridgehead atoms. The summed E-state index contributed by atoms with van der Waals surface area (Å²) in [6.45, 7) is 4.79. The van der Waals surface area contributed by atoms with Crippen molar-refractivity contribution >= 4 is 35.5 Å². The summed E-state index contributed by atoms with van der Waals surface area (Å²) in [5, 5.41) is 13.9. The molecule has 0 aliphatic heterocycles. The average Bonchev–Trinajstić information content (AvgIpc) is 3.11. The van der Waals surface area contributed by atoms with Gasteiger partial charge in [0.1, 0.15) is 0 Å². The Labute approximate surface area is 173 Å². The molecule has 1 aromatic heterocycles. The number of hydrogen-bond donors (Lipinski definition) is 1. The highest BCUT2D eigenvalue weighted by Gasteiger charge is 2.14. The van der Waals surface area contributed by atoms with Crippen molar-refractivity contribution in [3.63, 3.8) is 0 Å². The Morgan fingerprint density at radius 2 is 1.89 bits per heavy atom. The van der Waals surface area contributed by atoms with Crippen molar-refractivity contribution in [1.82, 2.24) is 20.2 Å². The third kappa shape index (κ3) is 5.21. The van der Waals surface area contributed by atoms with Crippen LogP contribution in [-0.4, -0.2) is 32.6 Å². The predicted molar refractivity (Wildman–Crippen MR) is 114 cm³/mol. The molecule has 0 unspecified atom stereocenters. The molecule has 1 N–H and O–H groups in total. The molecule has 3 rings (SSSR count). The van der Waals surface area contributed by atoms with Crippen LogP contribution in [0, 0.1) is 6.92 Å². The van der Waals surface area contributed by atoms with Gasteiger partial charge in [0, 0.05) is 17.1 Å². The Balaban J connectivity index is 1.58. The van der Waals surface area contributed by atoms with Crippen LogP contribution in [0.3, 0.4) is 0 Å². The van der Waals surface area contributed by atoms with E-state index in [1.165, 1.54) is 17.3 Å². The van der Waals surface area contributed by atoms with Crippen LogP contribution in [0.4, 0.5) is 0 Å². The molecule has 0 fully saturated rings. The number of aryl methyl sites for hydroxylation is 1. The van der Waals surface area contributed by atoms with E-state index < -0.39 is 0 Å². The van der Waals surface area contributed by atoms with Crippen molar-refractivity contribution in [3.8, 4) is 11.4 Å². The molecule has 6 nitrogen and oxygen atoms in total. The molecule has 144 valence electrons. The van der Waals surface area contributed by atoms with E-state index in [0.29, 0.717) is 10.2 Å². The highest BCUT2D eigenvalue weighted by atomic mass is 35.5. The quantitative estimate of drug-likeness (QED) is 0.358. The number of carbonyl (C=O) groups is 1. The molecule has 0 spiro atoms. The van der Waals surface area contributed by atoms with Crippen LogP contribution in [0.2, 0.25) is 5.02 Å². The molecule has 2 aromatic carbocycles. The first-order valence-corrected chi connectivity index (χ1v) is 10.1. The minimum Gasteiger partial charge on any atom is -0.302 e. The normalized spacial score (nSPS) is 11.1. The number of rotatable bonds is 7. The number of thioether (sulfide) groups is 1. The molecule has 0 radical (unpaired) electrons. The van der Waals surface area contributed by atoms with E-state index in [0.717, 1.165) is 23.5 Å². The van der Waals surface area contributed by atoms with Crippen LogP contribution in [0.15, 0.2) is 58.8 Å². The number of carbonyl (C=O) groups excluding carboxylic acids is 1. The number of hydrogen-bond acceptors (Lipinski definition) is 5. The first kappa shape index (κ1) is 20.1. The maximum absolute atomic E-state index is 12.1. The molecule has 1 heterocycles. The second-order valence-corrected chi connectivity index (χ2v) is 7.43. The van der Waals surface area contributed by atoms with Crippen LogP contribution in [0.25, 0.3) is 11.4 Å². The largest absolute Gasteiger partial charge is 0.302 e. The van der Waals surface area contributed by atoms with E-state index in [-0.39, 0.29) is 11.7 Å². The van der Waals surface area contributed by atoms with Gasteiger partial charge in [-0.15, -0.1) is 10.2 Å². The van der Waals surface area contributed by atoms with E-state index in [1.807, 2.05) is 54.8 Å². The van der Waals surface area contributed by atoms with E-state index in [4.69, 9.17) is 11.6 Å². The van der Waals surface area contributed by atoms with Gasteiger partial charge in [0.25, 0.3) is 5.91 Å². The predicted octanol–water partition coefficient (Wildman–Crippen LogP) is 4.17. The van der Waals surface area contributed by atoms with Gasteiger partial charge in [0.15, 0.2) is 11.0 Å². The van der Waals surface area contributed by atoms with Gasteiger partial charge in [-0.1, -0.05) is 65.3 Å². The average molecular weight is 414 g/mol. The van der Waals surface area contributed by atoms with Crippen LogP contribution in [0.5, 0.6) is 0 Å². The third-order valence-corrected chi connectivity index (χ3v) is 5.17. The number of nitrogens with zero attached hydrogens (tertiary/aromatic N) is 4. The van der Waals surface area contributed by atoms with Crippen molar-refractivity contribution in [2.75, 3.05) is 5.75 Å². The van der Waals surface area contributed by atoms with Gasteiger partial charge in [-0.05, 0) is 31.5 Å². The van der Waals surface area contributed by atoms with Gasteiger partial charge in [0.2, 0.25) is 0 Å². The molecule has 0 saturated heterocycles. The minimum absolute atomic E-state index is 0.198. The monoisotopic (exact) mass is 413 g/mol. The van der Waals surface area contributed by atoms with Crippen molar-refractivity contribution in [2.24, 2.45) is 5.10 Å². The summed E-state index contributed by atoms with van der Waals surface area (Å²) in [5.41, 5.74) is 5.57. The Bertz CT molecular complexity index is 967. The maximum atomic E-state index is 12.1. The van der Waals surface area contributed by atoms with Crippen LogP contribution < -0.4 is 5.43 Å². The number of amides is 1. The molecular weight excluding hydrogens is 394 g/mol. The summed E-state index contributed by atoms with van der Waals surface area (Å²) < 4.78 is 2.00. The molecular formula is C20H20ClN5OS. The summed E-state index contributed by atoms with van der Waals surface area (Å²) in [4.78, 5) is 12.1. The lowest BCUT2D eigenvalue weighted by Gasteiger charge is -2.07. The van der Waals surface area contributed by atoms with Crippen molar-refractivity contribution in [1.29, 1.82) is 0 Å². The fraction of sp³-hybridized carbons (Fsp3) is 0.200. The van der Waals surface area contributed by atoms with Gasteiger partial charge in [-0.2, -0.15) is 5.10 Å². The molecule has 8 heteroatoms. The molecule has 28 heavy (non-hydrogen) atoms. The Kier molecular flexibility index (Phi) is 6.84. The fourth-order valence-electron chi connectivity index (χ4n) is 2.49. The standard InChI is InChI=1S/C20H20ClN5OS/c1-3-26-19(16-8-4-14(2)5-9-16)24-25-20(26)28-13-18(27)23-22-12-15-6-10-17(21)11-7-15/h4-12H,3,13H2,1-2H3,(H,23,27). The lowest BCUT2D eigenvalue weighted by molar-refractivity contribution is -0.118. The SMILES string of the molecule is CCn1c(SCC(=O)NN=Cc2ccc(Cl)cc2)nnc1-c1ccc(C)cc1. The van der Waals surface area contributed by atoms with Crippen LogP contribution in [-0.2, 0) is 11.3 Å². The summed E-state index contributed by atoms with van der Waals surface area (Å²) in [5.74, 6) is 0.785. The molecule has 0 atom stereocenters. The summed E-state index contributed by atoms with van der Waals surface area (Å²) in [6.07, 6.45) is 1.57. The van der Waals surface area contributed by atoms with Crippen molar-refractivity contribution in [2.45, 2.75) is 25.5 Å². The topological polar surface area (TPSA) is 72.2 Å². The number of nitrogens with one attached hydrogen (secondary N) is 1. The van der Waals surface area contributed by atoms with Crippen molar-refractivity contribution < 1.29 is 4.79 Å². The van der Waals surface area contributed by atoms with Crippen molar-refractivity contribution in [3.05, 3.63) is 64.7 Å². The Morgan fingerprint density at radius 1 is 1.18 bits per heavy atom. The highest BCUT2D eigenvalue weighted by molar-refractivity contribution is 7.99. The number of halogens is 1. The maximum Gasteiger partial charge on any atom is 0.250 e. The van der Waals surface area contributed by atoms with Gasteiger partial charge < -0.3 is 4.57 Å². The smallest absolute Gasteiger partial charge is 0.250 e. The minimum atomic E-state index is -0.210. The van der Waals surface area contributed by atoms with E-state index in [9.17, 15) is 4.79 Å². The Hall–Kier alpha value is -2.64. The van der Waals surface area contributed by atoms with E-state index >= 15 is 0 Å². The Morgan fingerprint density at radius 3 is 2.57 bits per heavy atom.